The van der Waals surface area contributed by atoms with Gasteiger partial charge in [0.05, 0.1) is 12.1 Å². The van der Waals surface area contributed by atoms with Gasteiger partial charge in [0.2, 0.25) is 0 Å². The van der Waals surface area contributed by atoms with E-state index in [-0.39, 0.29) is 5.78 Å². The van der Waals surface area contributed by atoms with Crippen LogP contribution in [0.1, 0.15) is 11.3 Å². The first-order valence-corrected chi connectivity index (χ1v) is 7.14. The number of carbonyl (C=O) groups is 1. The normalized spacial score (nSPS) is 11.0. The third kappa shape index (κ3) is 2.69. The van der Waals surface area contributed by atoms with Gasteiger partial charge in [0.25, 0.3) is 0 Å². The minimum atomic E-state index is 0.124. The quantitative estimate of drug-likeness (QED) is 0.738. The van der Waals surface area contributed by atoms with Gasteiger partial charge >= 0.3 is 0 Å². The molecule has 1 aromatic carbocycles. The number of Topliss-reactive ketones (excluding diaryl/α,β-unsaturated/α-hetero) is 1. The Kier molecular flexibility index (Phi) is 3.36. The van der Waals surface area contributed by atoms with E-state index < -0.39 is 0 Å². The highest BCUT2D eigenvalue weighted by molar-refractivity contribution is 7.15. The topological polar surface area (TPSA) is 34.4 Å². The molecule has 2 heterocycles. The summed E-state index contributed by atoms with van der Waals surface area (Å²) in [4.78, 5) is 17.3. The number of rotatable bonds is 4. The lowest BCUT2D eigenvalue weighted by molar-refractivity contribution is -0.117. The van der Waals surface area contributed by atoms with Crippen molar-refractivity contribution in [2.24, 2.45) is 0 Å². The lowest BCUT2D eigenvalue weighted by atomic mass is 10.1. The third-order valence-corrected chi connectivity index (χ3v) is 4.01. The largest absolute Gasteiger partial charge is 0.299 e. The van der Waals surface area contributed by atoms with Crippen LogP contribution in [0.3, 0.4) is 0 Å². The van der Waals surface area contributed by atoms with E-state index in [0.29, 0.717) is 17.9 Å². The molecule has 0 saturated carbocycles. The van der Waals surface area contributed by atoms with Crippen molar-refractivity contribution in [1.82, 2.24) is 9.38 Å². The molecule has 0 atom stereocenters. The van der Waals surface area contributed by atoms with Crippen LogP contribution in [0.25, 0.3) is 4.96 Å². The molecule has 0 saturated heterocycles. The standard InChI is InChI=1S/C14H11ClN2OS/c15-13-4-2-1-3-10(13)7-12(18)8-11-9-17-5-6-19-14(17)16-11/h1-6,9H,7-8H2. The van der Waals surface area contributed by atoms with E-state index >= 15 is 0 Å². The SMILES string of the molecule is O=C(Cc1cn2ccsc2n1)Cc1ccccc1Cl. The summed E-state index contributed by atoms with van der Waals surface area (Å²) < 4.78 is 1.93. The first kappa shape index (κ1) is 12.4. The monoisotopic (exact) mass is 290 g/mol. The average Bonchev–Trinajstić information content (AvgIpc) is 2.92. The zero-order valence-electron chi connectivity index (χ0n) is 10.0. The van der Waals surface area contributed by atoms with Crippen molar-refractivity contribution in [3.63, 3.8) is 0 Å². The van der Waals surface area contributed by atoms with E-state index in [1.807, 2.05) is 40.4 Å². The summed E-state index contributed by atoms with van der Waals surface area (Å²) in [6.45, 7) is 0. The summed E-state index contributed by atoms with van der Waals surface area (Å²) in [5.41, 5.74) is 1.68. The summed E-state index contributed by atoms with van der Waals surface area (Å²) in [6.07, 6.45) is 4.54. The molecule has 0 unspecified atom stereocenters. The molecule has 3 rings (SSSR count). The highest BCUT2D eigenvalue weighted by Crippen LogP contribution is 2.17. The van der Waals surface area contributed by atoms with Crippen LogP contribution in [0.15, 0.2) is 42.0 Å². The Morgan fingerprint density at radius 2 is 2.16 bits per heavy atom. The predicted octanol–water partition coefficient (Wildman–Crippen LogP) is 3.40. The Morgan fingerprint density at radius 3 is 2.95 bits per heavy atom. The molecular weight excluding hydrogens is 280 g/mol. The number of thiazole rings is 1. The molecule has 0 aliphatic heterocycles. The average molecular weight is 291 g/mol. The van der Waals surface area contributed by atoms with Crippen LogP contribution in [0, 0.1) is 0 Å². The van der Waals surface area contributed by atoms with Gasteiger partial charge in [0.1, 0.15) is 5.78 Å². The number of carbonyl (C=O) groups excluding carboxylic acids is 1. The number of fused-ring (bicyclic) bond motifs is 1. The molecule has 5 heteroatoms. The minimum Gasteiger partial charge on any atom is -0.299 e. The van der Waals surface area contributed by atoms with Gasteiger partial charge in [-0.25, -0.2) is 4.98 Å². The van der Waals surface area contributed by atoms with E-state index in [1.165, 1.54) is 0 Å². The van der Waals surface area contributed by atoms with Gasteiger partial charge in [-0.3, -0.25) is 9.20 Å². The van der Waals surface area contributed by atoms with E-state index in [4.69, 9.17) is 11.6 Å². The number of halogens is 1. The van der Waals surface area contributed by atoms with Crippen molar-refractivity contribution in [2.45, 2.75) is 12.8 Å². The van der Waals surface area contributed by atoms with Crippen molar-refractivity contribution >= 4 is 33.7 Å². The first-order chi connectivity index (χ1) is 9.22. The highest BCUT2D eigenvalue weighted by atomic mass is 35.5. The fourth-order valence-corrected chi connectivity index (χ4v) is 2.90. The smallest absolute Gasteiger partial charge is 0.193 e. The van der Waals surface area contributed by atoms with Crippen LogP contribution in [-0.2, 0) is 17.6 Å². The Hall–Kier alpha value is -1.65. The molecule has 0 radical (unpaired) electrons. The maximum Gasteiger partial charge on any atom is 0.193 e. The van der Waals surface area contributed by atoms with Crippen molar-refractivity contribution in [2.75, 3.05) is 0 Å². The molecular formula is C14H11ClN2OS. The second-order valence-electron chi connectivity index (χ2n) is 4.31. The number of imidazole rings is 1. The minimum absolute atomic E-state index is 0.124. The second-order valence-corrected chi connectivity index (χ2v) is 5.59. The molecule has 2 aromatic heterocycles. The second kappa shape index (κ2) is 5.15. The van der Waals surface area contributed by atoms with E-state index in [0.717, 1.165) is 16.2 Å². The van der Waals surface area contributed by atoms with E-state index in [1.54, 1.807) is 17.4 Å². The van der Waals surface area contributed by atoms with Gasteiger partial charge in [0, 0.05) is 29.2 Å². The number of aromatic nitrogens is 2. The molecule has 3 aromatic rings. The third-order valence-electron chi connectivity index (χ3n) is 2.87. The molecule has 0 amide bonds. The highest BCUT2D eigenvalue weighted by Gasteiger charge is 2.10. The Morgan fingerprint density at radius 1 is 1.32 bits per heavy atom. The molecule has 0 fully saturated rings. The maximum atomic E-state index is 12.0. The summed E-state index contributed by atoms with van der Waals surface area (Å²) >= 11 is 7.61. The molecule has 0 N–H and O–H groups in total. The Labute approximate surface area is 119 Å². The predicted molar refractivity (Wildman–Crippen MR) is 76.9 cm³/mol. The molecule has 3 nitrogen and oxygen atoms in total. The lowest BCUT2D eigenvalue weighted by Gasteiger charge is -2.02. The molecule has 0 aliphatic carbocycles. The first-order valence-electron chi connectivity index (χ1n) is 5.88. The number of hydrogen-bond donors (Lipinski definition) is 0. The van der Waals surface area contributed by atoms with Gasteiger partial charge in [-0.15, -0.1) is 11.3 Å². The molecule has 96 valence electrons. The van der Waals surface area contributed by atoms with Crippen LogP contribution >= 0.6 is 22.9 Å². The van der Waals surface area contributed by atoms with Crippen LogP contribution in [0.2, 0.25) is 5.02 Å². The number of nitrogens with zero attached hydrogens (tertiary/aromatic N) is 2. The van der Waals surface area contributed by atoms with Crippen molar-refractivity contribution in [3.05, 3.63) is 58.3 Å². The van der Waals surface area contributed by atoms with Gasteiger partial charge in [-0.05, 0) is 11.6 Å². The fraction of sp³-hybridized carbons (Fsp3) is 0.143. The summed E-state index contributed by atoms with van der Waals surface area (Å²) in [5, 5.41) is 2.61. The number of ketones is 1. The molecule has 0 spiro atoms. The molecule has 19 heavy (non-hydrogen) atoms. The number of hydrogen-bond acceptors (Lipinski definition) is 3. The van der Waals surface area contributed by atoms with Crippen LogP contribution in [0.4, 0.5) is 0 Å². The van der Waals surface area contributed by atoms with Crippen molar-refractivity contribution < 1.29 is 4.79 Å². The summed E-state index contributed by atoms with van der Waals surface area (Å²) in [7, 11) is 0. The van der Waals surface area contributed by atoms with E-state index in [2.05, 4.69) is 4.98 Å². The maximum absolute atomic E-state index is 12.0. The van der Waals surface area contributed by atoms with Gasteiger partial charge in [-0.2, -0.15) is 0 Å². The van der Waals surface area contributed by atoms with Crippen molar-refractivity contribution in [3.8, 4) is 0 Å². The van der Waals surface area contributed by atoms with Crippen LogP contribution in [0.5, 0.6) is 0 Å². The lowest BCUT2D eigenvalue weighted by Crippen LogP contribution is -2.07. The van der Waals surface area contributed by atoms with Crippen molar-refractivity contribution in [1.29, 1.82) is 0 Å². The zero-order valence-corrected chi connectivity index (χ0v) is 11.6. The zero-order chi connectivity index (χ0) is 13.2. The van der Waals surface area contributed by atoms with Crippen LogP contribution in [-0.4, -0.2) is 15.2 Å². The molecule has 0 bridgehead atoms. The van der Waals surface area contributed by atoms with Gasteiger partial charge in [0.15, 0.2) is 4.96 Å². The van der Waals surface area contributed by atoms with Crippen LogP contribution < -0.4 is 0 Å². The Balaban J connectivity index is 1.72. The Bertz CT molecular complexity index is 703. The molecule has 0 aliphatic rings. The number of benzene rings is 1. The summed E-state index contributed by atoms with van der Waals surface area (Å²) in [6, 6.07) is 7.43. The van der Waals surface area contributed by atoms with Gasteiger partial charge < -0.3 is 0 Å². The fourth-order valence-electron chi connectivity index (χ4n) is 1.98. The van der Waals surface area contributed by atoms with Gasteiger partial charge in [-0.1, -0.05) is 29.8 Å². The van der Waals surface area contributed by atoms with E-state index in [9.17, 15) is 4.79 Å². The summed E-state index contributed by atoms with van der Waals surface area (Å²) in [5.74, 6) is 0.124.